The molecule has 0 fully saturated rings. The molecule has 2 aromatic carbocycles. The highest BCUT2D eigenvalue weighted by Crippen LogP contribution is 2.35. The van der Waals surface area contributed by atoms with Gasteiger partial charge >= 0.3 is 5.97 Å². The Morgan fingerprint density at radius 3 is 2.23 bits per heavy atom. The minimum absolute atomic E-state index is 0.484. The Balaban J connectivity index is 1.92. The number of hydrogen-bond donors (Lipinski definition) is 2. The zero-order valence-electron chi connectivity index (χ0n) is 11.1. The third-order valence-corrected chi connectivity index (χ3v) is 3.91. The fourth-order valence-corrected chi connectivity index (χ4v) is 2.75. The average molecular weight is 337 g/mol. The van der Waals surface area contributed by atoms with Crippen LogP contribution in [0.3, 0.4) is 0 Å². The fraction of sp³-hybridized carbons (Fsp3) is 0.0625. The highest BCUT2D eigenvalue weighted by Gasteiger charge is 2.35. The van der Waals surface area contributed by atoms with Crippen LogP contribution in [0.25, 0.3) is 11.1 Å². The van der Waals surface area contributed by atoms with Gasteiger partial charge in [-0.3, -0.25) is 0 Å². The van der Waals surface area contributed by atoms with E-state index in [1.807, 2.05) is 0 Å². The number of esters is 1. The summed E-state index contributed by atoms with van der Waals surface area (Å²) in [6.07, 6.45) is -0.984. The van der Waals surface area contributed by atoms with Crippen LogP contribution in [0.4, 0.5) is 0 Å². The second-order valence-electron chi connectivity index (χ2n) is 4.77. The maximum atomic E-state index is 11.2. The Morgan fingerprint density at radius 2 is 1.68 bits per heavy atom. The molecule has 2 N–H and O–H groups in total. The lowest BCUT2D eigenvalue weighted by Gasteiger charge is -2.11. The van der Waals surface area contributed by atoms with Crippen molar-refractivity contribution in [3.63, 3.8) is 0 Å². The number of benzene rings is 2. The molecule has 1 heterocycles. The monoisotopic (exact) mass is 336 g/mol. The molecule has 0 bridgehead atoms. The van der Waals surface area contributed by atoms with Crippen LogP contribution in [0.15, 0.2) is 54.0 Å². The van der Waals surface area contributed by atoms with Crippen molar-refractivity contribution >= 4 is 29.2 Å². The van der Waals surface area contributed by atoms with Crippen LogP contribution in [0.5, 0.6) is 0 Å². The predicted octanol–water partition coefficient (Wildman–Crippen LogP) is 4.59. The van der Waals surface area contributed by atoms with Crippen molar-refractivity contribution < 1.29 is 19.7 Å². The highest BCUT2D eigenvalue weighted by atomic mass is 35.5. The minimum atomic E-state index is -0.984. The molecular formula is C16H10Cl2O4. The quantitative estimate of drug-likeness (QED) is 0.787. The zero-order chi connectivity index (χ0) is 15.9. The van der Waals surface area contributed by atoms with Gasteiger partial charge in [0.2, 0.25) is 5.76 Å². The molecule has 0 aromatic heterocycles. The van der Waals surface area contributed by atoms with Gasteiger partial charge in [-0.1, -0.05) is 53.5 Å². The molecule has 22 heavy (non-hydrogen) atoms. The van der Waals surface area contributed by atoms with Gasteiger partial charge in [0.1, 0.15) is 0 Å². The standard InChI is InChI=1S/C16H10Cl2O4/c17-10-5-6-11(12(18)7-10)8-1-3-9(4-2-8)15-13(19)14(20)16(21)22-15/h1-7,15,19-20H. The molecule has 112 valence electrons. The van der Waals surface area contributed by atoms with E-state index in [2.05, 4.69) is 0 Å². The number of cyclic esters (lactones) is 1. The number of carbonyl (C=O) groups is 1. The Bertz CT molecular complexity index is 781. The predicted molar refractivity (Wildman–Crippen MR) is 83.0 cm³/mol. The molecular weight excluding hydrogens is 327 g/mol. The summed E-state index contributed by atoms with van der Waals surface area (Å²) in [7, 11) is 0. The zero-order valence-corrected chi connectivity index (χ0v) is 12.6. The molecule has 2 aromatic rings. The number of hydrogen-bond acceptors (Lipinski definition) is 4. The van der Waals surface area contributed by atoms with Crippen molar-refractivity contribution in [2.75, 3.05) is 0 Å². The number of carbonyl (C=O) groups excluding carboxylic acids is 1. The molecule has 0 spiro atoms. The van der Waals surface area contributed by atoms with E-state index in [1.165, 1.54) is 0 Å². The molecule has 1 aliphatic rings. The Hall–Kier alpha value is -2.17. The van der Waals surface area contributed by atoms with E-state index in [-0.39, 0.29) is 0 Å². The summed E-state index contributed by atoms with van der Waals surface area (Å²) in [6, 6.07) is 12.1. The maximum absolute atomic E-state index is 11.2. The van der Waals surface area contributed by atoms with Crippen LogP contribution < -0.4 is 0 Å². The third kappa shape index (κ3) is 2.51. The Labute approximate surface area is 136 Å². The first-order valence-corrected chi connectivity index (χ1v) is 7.11. The fourth-order valence-electron chi connectivity index (χ4n) is 2.23. The van der Waals surface area contributed by atoms with E-state index in [4.69, 9.17) is 27.9 Å². The van der Waals surface area contributed by atoms with E-state index in [1.54, 1.807) is 42.5 Å². The average Bonchev–Trinajstić information content (AvgIpc) is 2.75. The summed E-state index contributed by atoms with van der Waals surface area (Å²) < 4.78 is 4.90. The molecule has 0 amide bonds. The molecule has 0 aliphatic carbocycles. The van der Waals surface area contributed by atoms with Crippen molar-refractivity contribution in [3.05, 3.63) is 69.6 Å². The summed E-state index contributed by atoms with van der Waals surface area (Å²) in [5.74, 6) is -2.18. The SMILES string of the molecule is O=C1OC(c2ccc(-c3ccc(Cl)cc3Cl)cc2)C(O)=C1O. The van der Waals surface area contributed by atoms with E-state index in [9.17, 15) is 15.0 Å². The number of aliphatic hydroxyl groups excluding tert-OH is 2. The number of halogens is 2. The topological polar surface area (TPSA) is 66.8 Å². The van der Waals surface area contributed by atoms with Crippen molar-refractivity contribution in [3.8, 4) is 11.1 Å². The normalized spacial score (nSPS) is 17.7. The molecule has 1 aliphatic heterocycles. The van der Waals surface area contributed by atoms with Gasteiger partial charge in [-0.2, -0.15) is 0 Å². The maximum Gasteiger partial charge on any atom is 0.378 e. The van der Waals surface area contributed by atoms with E-state index >= 15 is 0 Å². The summed E-state index contributed by atoms with van der Waals surface area (Å²) in [4.78, 5) is 11.2. The molecule has 0 radical (unpaired) electrons. The summed E-state index contributed by atoms with van der Waals surface area (Å²) >= 11 is 12.0. The highest BCUT2D eigenvalue weighted by molar-refractivity contribution is 6.36. The van der Waals surface area contributed by atoms with Crippen LogP contribution in [-0.2, 0) is 9.53 Å². The van der Waals surface area contributed by atoms with Crippen molar-refractivity contribution in [2.45, 2.75) is 6.10 Å². The molecule has 4 nitrogen and oxygen atoms in total. The van der Waals surface area contributed by atoms with E-state index in [0.717, 1.165) is 11.1 Å². The van der Waals surface area contributed by atoms with Crippen LogP contribution in [0.1, 0.15) is 11.7 Å². The van der Waals surface area contributed by atoms with Crippen molar-refractivity contribution in [2.24, 2.45) is 0 Å². The number of aliphatic hydroxyl groups is 2. The van der Waals surface area contributed by atoms with Crippen molar-refractivity contribution in [1.29, 1.82) is 0 Å². The molecule has 1 unspecified atom stereocenters. The van der Waals surface area contributed by atoms with Crippen LogP contribution >= 0.6 is 23.2 Å². The molecule has 0 saturated carbocycles. The summed E-state index contributed by atoms with van der Waals surface area (Å²) in [5, 5.41) is 20.1. The van der Waals surface area contributed by atoms with Crippen molar-refractivity contribution in [1.82, 2.24) is 0 Å². The first-order valence-electron chi connectivity index (χ1n) is 6.36. The van der Waals surface area contributed by atoms with Gasteiger partial charge in [-0.25, -0.2) is 4.79 Å². The van der Waals surface area contributed by atoms with Gasteiger partial charge in [0.25, 0.3) is 0 Å². The summed E-state index contributed by atoms with van der Waals surface area (Å²) in [6.45, 7) is 0. The minimum Gasteiger partial charge on any atom is -0.505 e. The molecule has 3 rings (SSSR count). The Kier molecular flexibility index (Phi) is 3.72. The van der Waals surface area contributed by atoms with Gasteiger partial charge in [-0.05, 0) is 17.7 Å². The lowest BCUT2D eigenvalue weighted by molar-refractivity contribution is -0.142. The van der Waals surface area contributed by atoms with E-state index in [0.29, 0.717) is 15.6 Å². The lowest BCUT2D eigenvalue weighted by atomic mass is 10.0. The first-order chi connectivity index (χ1) is 10.5. The smallest absolute Gasteiger partial charge is 0.378 e. The first kappa shape index (κ1) is 14.8. The van der Waals surface area contributed by atoms with Crippen LogP contribution in [0.2, 0.25) is 10.0 Å². The number of ether oxygens (including phenoxy) is 1. The van der Waals surface area contributed by atoms with Gasteiger partial charge < -0.3 is 14.9 Å². The third-order valence-electron chi connectivity index (χ3n) is 3.36. The van der Waals surface area contributed by atoms with Gasteiger partial charge in [-0.15, -0.1) is 0 Å². The van der Waals surface area contributed by atoms with Gasteiger partial charge in [0.15, 0.2) is 11.9 Å². The molecule has 6 heteroatoms. The van der Waals surface area contributed by atoms with Gasteiger partial charge in [0.05, 0.1) is 0 Å². The van der Waals surface area contributed by atoms with Gasteiger partial charge in [0, 0.05) is 21.2 Å². The van der Waals surface area contributed by atoms with Crippen LogP contribution in [-0.4, -0.2) is 16.2 Å². The lowest BCUT2D eigenvalue weighted by Crippen LogP contribution is -2.03. The number of rotatable bonds is 2. The van der Waals surface area contributed by atoms with E-state index < -0.39 is 23.6 Å². The van der Waals surface area contributed by atoms with Crippen LogP contribution in [0, 0.1) is 0 Å². The summed E-state index contributed by atoms with van der Waals surface area (Å²) in [5.41, 5.74) is 2.20. The molecule has 1 atom stereocenters. The second-order valence-corrected chi connectivity index (χ2v) is 5.61. The Morgan fingerprint density at radius 1 is 1.00 bits per heavy atom. The largest absolute Gasteiger partial charge is 0.505 e. The molecule has 0 saturated heterocycles. The second kappa shape index (κ2) is 5.55.